The fourth-order valence-electron chi connectivity index (χ4n) is 2.25. The van der Waals surface area contributed by atoms with E-state index in [4.69, 9.17) is 9.47 Å². The molecule has 0 saturated heterocycles. The van der Waals surface area contributed by atoms with Crippen molar-refractivity contribution in [2.24, 2.45) is 0 Å². The topological polar surface area (TPSA) is 73.3 Å². The molecule has 2 heterocycles. The first-order valence-corrected chi connectivity index (χ1v) is 7.66. The first-order chi connectivity index (χ1) is 11.3. The number of fused-ring (bicyclic) bond motifs is 1. The number of carbonyl (C=O) groups excluding carboxylic acids is 1. The first kappa shape index (κ1) is 13.7. The third-order valence-electron chi connectivity index (χ3n) is 3.42. The Morgan fingerprint density at radius 2 is 1.91 bits per heavy atom. The Labute approximate surface area is 135 Å². The number of ether oxygens (including phenoxy) is 2. The highest BCUT2D eigenvalue weighted by Crippen LogP contribution is 2.32. The van der Waals surface area contributed by atoms with Crippen LogP contribution in [0.5, 0.6) is 11.5 Å². The van der Waals surface area contributed by atoms with Crippen molar-refractivity contribution in [2.75, 3.05) is 12.1 Å². The summed E-state index contributed by atoms with van der Waals surface area (Å²) in [5, 5.41) is 6.67. The van der Waals surface area contributed by atoms with E-state index < -0.39 is 0 Å². The second-order valence-electron chi connectivity index (χ2n) is 4.88. The Balaban J connectivity index is 1.50. The molecule has 1 N–H and O–H groups in total. The number of rotatable bonds is 3. The van der Waals surface area contributed by atoms with Crippen molar-refractivity contribution >= 4 is 23.1 Å². The summed E-state index contributed by atoms with van der Waals surface area (Å²) in [6.45, 7) is 0.189. The molecule has 1 aromatic heterocycles. The summed E-state index contributed by atoms with van der Waals surface area (Å²) in [7, 11) is 0. The minimum absolute atomic E-state index is 0.189. The lowest BCUT2D eigenvalue weighted by atomic mass is 10.1. The van der Waals surface area contributed by atoms with Gasteiger partial charge in [0.2, 0.25) is 6.79 Å². The molecule has 0 saturated carbocycles. The van der Waals surface area contributed by atoms with Crippen molar-refractivity contribution in [3.63, 3.8) is 0 Å². The fraction of sp³-hybridized carbons (Fsp3) is 0.0625. The van der Waals surface area contributed by atoms with Crippen LogP contribution >= 0.6 is 11.5 Å². The van der Waals surface area contributed by atoms with Gasteiger partial charge in [0.1, 0.15) is 0 Å². The maximum absolute atomic E-state index is 12.3. The lowest BCUT2D eigenvalue weighted by Crippen LogP contribution is -2.11. The van der Waals surface area contributed by atoms with Crippen LogP contribution in [0.2, 0.25) is 0 Å². The Bertz CT molecular complexity index is 848. The maximum Gasteiger partial charge on any atom is 0.255 e. The summed E-state index contributed by atoms with van der Waals surface area (Å²) < 4.78 is 14.4. The van der Waals surface area contributed by atoms with Gasteiger partial charge in [0.05, 0.1) is 11.1 Å². The molecule has 6 nitrogen and oxygen atoms in total. The van der Waals surface area contributed by atoms with Gasteiger partial charge in [-0.1, -0.05) is 16.6 Å². The van der Waals surface area contributed by atoms with Gasteiger partial charge in [-0.3, -0.25) is 4.79 Å². The van der Waals surface area contributed by atoms with Crippen molar-refractivity contribution in [3.8, 4) is 21.9 Å². The van der Waals surface area contributed by atoms with E-state index in [0.717, 1.165) is 10.4 Å². The van der Waals surface area contributed by atoms with E-state index >= 15 is 0 Å². The second kappa shape index (κ2) is 5.69. The minimum Gasteiger partial charge on any atom is -0.454 e. The van der Waals surface area contributed by atoms with Gasteiger partial charge in [-0.15, -0.1) is 5.10 Å². The van der Waals surface area contributed by atoms with E-state index in [0.29, 0.717) is 22.7 Å². The SMILES string of the molecule is O=C(Nc1ccc(-c2cnns2)cc1)c1ccc2c(c1)OCO2. The number of anilines is 1. The van der Waals surface area contributed by atoms with Crippen LogP contribution in [0.15, 0.2) is 48.7 Å². The summed E-state index contributed by atoms with van der Waals surface area (Å²) in [5.74, 6) is 1.05. The monoisotopic (exact) mass is 325 g/mol. The third kappa shape index (κ3) is 2.74. The predicted octanol–water partition coefficient (Wildman–Crippen LogP) is 3.19. The minimum atomic E-state index is -0.199. The van der Waals surface area contributed by atoms with Gasteiger partial charge < -0.3 is 14.8 Å². The number of aromatic nitrogens is 2. The highest BCUT2D eigenvalue weighted by Gasteiger charge is 2.16. The van der Waals surface area contributed by atoms with Crippen LogP contribution in [0.4, 0.5) is 5.69 Å². The highest BCUT2D eigenvalue weighted by molar-refractivity contribution is 7.09. The molecule has 0 radical (unpaired) electrons. The molecule has 0 aliphatic carbocycles. The number of hydrogen-bond donors (Lipinski definition) is 1. The van der Waals surface area contributed by atoms with Gasteiger partial charge in [0.25, 0.3) is 5.91 Å². The molecule has 0 bridgehead atoms. The predicted molar refractivity (Wildman–Crippen MR) is 85.9 cm³/mol. The number of hydrogen-bond acceptors (Lipinski definition) is 6. The van der Waals surface area contributed by atoms with Crippen molar-refractivity contribution in [3.05, 3.63) is 54.2 Å². The van der Waals surface area contributed by atoms with Crippen LogP contribution < -0.4 is 14.8 Å². The molecule has 0 spiro atoms. The quantitative estimate of drug-likeness (QED) is 0.800. The van der Waals surface area contributed by atoms with Crippen LogP contribution in [-0.2, 0) is 0 Å². The van der Waals surface area contributed by atoms with E-state index in [1.165, 1.54) is 11.5 Å². The summed E-state index contributed by atoms with van der Waals surface area (Å²) in [5.41, 5.74) is 2.25. The largest absolute Gasteiger partial charge is 0.454 e. The molecule has 1 aliphatic rings. The van der Waals surface area contributed by atoms with Crippen LogP contribution in [-0.4, -0.2) is 22.3 Å². The van der Waals surface area contributed by atoms with Crippen molar-refractivity contribution < 1.29 is 14.3 Å². The van der Waals surface area contributed by atoms with Crippen LogP contribution in [0.25, 0.3) is 10.4 Å². The van der Waals surface area contributed by atoms with E-state index in [9.17, 15) is 4.79 Å². The summed E-state index contributed by atoms with van der Waals surface area (Å²) in [4.78, 5) is 13.3. The normalized spacial score (nSPS) is 12.2. The Kier molecular flexibility index (Phi) is 3.39. The standard InChI is InChI=1S/C16H11N3O3S/c20-16(11-3-6-13-14(7-11)22-9-21-13)18-12-4-1-10(2-5-12)15-8-17-19-23-15/h1-8H,9H2,(H,18,20). The van der Waals surface area contributed by atoms with Crippen molar-refractivity contribution in [1.82, 2.24) is 9.59 Å². The zero-order valence-electron chi connectivity index (χ0n) is 11.9. The van der Waals surface area contributed by atoms with E-state index in [-0.39, 0.29) is 12.7 Å². The Hall–Kier alpha value is -2.93. The molecule has 4 rings (SSSR count). The summed E-state index contributed by atoms with van der Waals surface area (Å²) in [6.07, 6.45) is 1.71. The Morgan fingerprint density at radius 1 is 1.09 bits per heavy atom. The number of nitrogens with one attached hydrogen (secondary N) is 1. The molecule has 7 heteroatoms. The van der Waals surface area contributed by atoms with Gasteiger partial charge >= 0.3 is 0 Å². The van der Waals surface area contributed by atoms with E-state index in [1.54, 1.807) is 24.4 Å². The molecule has 1 amide bonds. The zero-order valence-corrected chi connectivity index (χ0v) is 12.7. The second-order valence-corrected chi connectivity index (χ2v) is 5.67. The lowest BCUT2D eigenvalue weighted by Gasteiger charge is -2.06. The number of carbonyl (C=O) groups is 1. The zero-order chi connectivity index (χ0) is 15.6. The van der Waals surface area contributed by atoms with Crippen LogP contribution in [0, 0.1) is 0 Å². The van der Waals surface area contributed by atoms with Gasteiger partial charge in [0.15, 0.2) is 11.5 Å². The van der Waals surface area contributed by atoms with Gasteiger partial charge in [-0.25, -0.2) is 0 Å². The van der Waals surface area contributed by atoms with Crippen LogP contribution in [0.3, 0.4) is 0 Å². The molecule has 23 heavy (non-hydrogen) atoms. The third-order valence-corrected chi connectivity index (χ3v) is 4.14. The average molecular weight is 325 g/mol. The van der Waals surface area contributed by atoms with Gasteiger partial charge in [-0.2, -0.15) is 0 Å². The molecule has 3 aromatic rings. The van der Waals surface area contributed by atoms with Gasteiger partial charge in [-0.05, 0) is 47.4 Å². The smallest absolute Gasteiger partial charge is 0.255 e. The molecule has 0 atom stereocenters. The van der Waals surface area contributed by atoms with Gasteiger partial charge in [0, 0.05) is 11.3 Å². The average Bonchev–Trinajstić information content (AvgIpc) is 3.26. The molecule has 2 aromatic carbocycles. The fourth-order valence-corrected chi connectivity index (χ4v) is 2.77. The number of amides is 1. The van der Waals surface area contributed by atoms with Crippen molar-refractivity contribution in [1.29, 1.82) is 0 Å². The lowest BCUT2D eigenvalue weighted by molar-refractivity contribution is 0.102. The molecule has 1 aliphatic heterocycles. The molecule has 0 fully saturated rings. The van der Waals surface area contributed by atoms with Crippen LogP contribution in [0.1, 0.15) is 10.4 Å². The molecular formula is C16H11N3O3S. The first-order valence-electron chi connectivity index (χ1n) is 6.88. The van der Waals surface area contributed by atoms with Crippen molar-refractivity contribution in [2.45, 2.75) is 0 Å². The number of nitrogens with zero attached hydrogens (tertiary/aromatic N) is 2. The van der Waals surface area contributed by atoms with E-state index in [1.807, 2.05) is 24.3 Å². The highest BCUT2D eigenvalue weighted by atomic mass is 32.1. The number of benzene rings is 2. The summed E-state index contributed by atoms with van der Waals surface area (Å²) in [6, 6.07) is 12.7. The molecule has 114 valence electrons. The van der Waals surface area contributed by atoms with E-state index in [2.05, 4.69) is 14.9 Å². The maximum atomic E-state index is 12.3. The Morgan fingerprint density at radius 3 is 2.70 bits per heavy atom. The molecule has 0 unspecified atom stereocenters. The summed E-state index contributed by atoms with van der Waals surface area (Å²) >= 11 is 1.33. The molecular weight excluding hydrogens is 314 g/mol.